The summed E-state index contributed by atoms with van der Waals surface area (Å²) in [7, 11) is 0. The van der Waals surface area contributed by atoms with Crippen molar-refractivity contribution in [2.24, 2.45) is 11.8 Å². The zero-order valence-corrected chi connectivity index (χ0v) is 18.6. The van der Waals surface area contributed by atoms with Crippen LogP contribution in [0.5, 0.6) is 0 Å². The summed E-state index contributed by atoms with van der Waals surface area (Å²) in [4.78, 5) is 28.8. The Balaban J connectivity index is 1.33. The van der Waals surface area contributed by atoms with Gasteiger partial charge in [0.15, 0.2) is 0 Å². The molecule has 1 aromatic rings. The van der Waals surface area contributed by atoms with Gasteiger partial charge in [0.2, 0.25) is 0 Å². The van der Waals surface area contributed by atoms with Crippen LogP contribution in [0.25, 0.3) is 0 Å². The number of ether oxygens (including phenoxy) is 2. The molecule has 0 aromatic heterocycles. The molecule has 1 aliphatic carbocycles. The minimum atomic E-state index is -0.407. The Morgan fingerprint density at radius 2 is 1.60 bits per heavy atom. The lowest BCUT2D eigenvalue weighted by atomic mass is 9.81. The van der Waals surface area contributed by atoms with Gasteiger partial charge in [0.05, 0.1) is 5.92 Å². The molecule has 3 rings (SSSR count). The maximum atomic E-state index is 12.3. The molecule has 6 nitrogen and oxygen atoms in total. The number of hydrogen-bond acceptors (Lipinski definition) is 5. The van der Waals surface area contributed by atoms with Crippen molar-refractivity contribution in [3.63, 3.8) is 0 Å². The van der Waals surface area contributed by atoms with Crippen LogP contribution >= 0.6 is 0 Å². The van der Waals surface area contributed by atoms with E-state index < -0.39 is 5.60 Å². The van der Waals surface area contributed by atoms with E-state index in [2.05, 4.69) is 4.90 Å². The topological polar surface area (TPSA) is 59.1 Å². The van der Waals surface area contributed by atoms with Gasteiger partial charge in [-0.05, 0) is 57.9 Å². The summed E-state index contributed by atoms with van der Waals surface area (Å²) in [5.41, 5.74) is 0.599. The summed E-state index contributed by atoms with van der Waals surface area (Å²) in [6.45, 7) is 10.3. The molecule has 2 aliphatic rings. The maximum Gasteiger partial charge on any atom is 0.410 e. The molecule has 1 aromatic carbocycles. The van der Waals surface area contributed by atoms with Crippen molar-refractivity contribution in [2.75, 3.05) is 32.7 Å². The van der Waals surface area contributed by atoms with E-state index in [1.165, 1.54) is 0 Å². The highest BCUT2D eigenvalue weighted by Crippen LogP contribution is 2.31. The van der Waals surface area contributed by atoms with Gasteiger partial charge in [0.1, 0.15) is 12.2 Å². The van der Waals surface area contributed by atoms with Crippen LogP contribution in [0.1, 0.15) is 52.0 Å². The molecule has 1 saturated heterocycles. The fourth-order valence-electron chi connectivity index (χ4n) is 4.25. The second-order valence-corrected chi connectivity index (χ2v) is 9.58. The van der Waals surface area contributed by atoms with E-state index in [0.717, 1.165) is 50.9 Å². The molecular formula is C24H36N2O4. The molecular weight excluding hydrogens is 380 g/mol. The number of carbonyl (C=O) groups excluding carboxylic acids is 2. The van der Waals surface area contributed by atoms with Crippen molar-refractivity contribution in [1.29, 1.82) is 0 Å². The fourth-order valence-corrected chi connectivity index (χ4v) is 4.25. The third kappa shape index (κ3) is 7.01. The highest BCUT2D eigenvalue weighted by Gasteiger charge is 2.31. The predicted octanol–water partition coefficient (Wildman–Crippen LogP) is 4.09. The molecule has 0 unspecified atom stereocenters. The Hall–Kier alpha value is -2.08. The van der Waals surface area contributed by atoms with Crippen molar-refractivity contribution >= 4 is 12.1 Å². The second kappa shape index (κ2) is 10.3. The first-order chi connectivity index (χ1) is 14.3. The molecule has 0 N–H and O–H groups in total. The Labute approximate surface area is 180 Å². The minimum Gasteiger partial charge on any atom is -0.460 e. The molecule has 1 heterocycles. The van der Waals surface area contributed by atoms with E-state index in [-0.39, 0.29) is 18.0 Å². The number of benzene rings is 1. The molecule has 0 bridgehead atoms. The summed E-state index contributed by atoms with van der Waals surface area (Å²) < 4.78 is 11.0. The fraction of sp³-hybridized carbons (Fsp3) is 0.667. The van der Waals surface area contributed by atoms with Crippen LogP contribution in [0.15, 0.2) is 30.3 Å². The molecule has 1 saturated carbocycles. The number of hydrogen-bond donors (Lipinski definition) is 0. The number of amides is 1. The zero-order chi connectivity index (χ0) is 21.6. The lowest BCUT2D eigenvalue weighted by Crippen LogP contribution is -2.50. The van der Waals surface area contributed by atoms with Gasteiger partial charge >= 0.3 is 12.1 Å². The van der Waals surface area contributed by atoms with Crippen molar-refractivity contribution in [3.8, 4) is 0 Å². The smallest absolute Gasteiger partial charge is 0.410 e. The van der Waals surface area contributed by atoms with E-state index >= 15 is 0 Å². The van der Waals surface area contributed by atoms with Crippen LogP contribution in [-0.2, 0) is 20.9 Å². The minimum absolute atomic E-state index is 0.0384. The van der Waals surface area contributed by atoms with Crippen LogP contribution in [0.2, 0.25) is 0 Å². The summed E-state index contributed by atoms with van der Waals surface area (Å²) in [6.07, 6.45) is 3.76. The monoisotopic (exact) mass is 416 g/mol. The lowest BCUT2D eigenvalue weighted by molar-refractivity contribution is -0.161. The quantitative estimate of drug-likeness (QED) is 0.677. The number of piperazine rings is 1. The molecule has 30 heavy (non-hydrogen) atoms. The van der Waals surface area contributed by atoms with Crippen molar-refractivity contribution in [3.05, 3.63) is 35.9 Å². The Morgan fingerprint density at radius 1 is 0.967 bits per heavy atom. The lowest BCUT2D eigenvalue weighted by Gasteiger charge is -2.37. The number of nitrogens with zero attached hydrogens (tertiary/aromatic N) is 2. The molecule has 2 fully saturated rings. The summed E-state index contributed by atoms with van der Waals surface area (Å²) in [5.74, 6) is 0.639. The maximum absolute atomic E-state index is 12.3. The molecule has 166 valence electrons. The van der Waals surface area contributed by atoms with Crippen LogP contribution in [0.3, 0.4) is 0 Å². The number of esters is 1. The largest absolute Gasteiger partial charge is 0.460 e. The first-order valence-electron chi connectivity index (χ1n) is 11.2. The van der Waals surface area contributed by atoms with Gasteiger partial charge in [0.25, 0.3) is 0 Å². The molecule has 1 aliphatic heterocycles. The van der Waals surface area contributed by atoms with Crippen molar-refractivity contribution < 1.29 is 19.1 Å². The molecule has 6 heteroatoms. The SMILES string of the molecule is CC(C)(C)OC(=O)C1CCC(CN2CCN(C(=O)OCc3ccccc3)CC2)CC1. The third-order valence-corrected chi connectivity index (χ3v) is 5.94. The van der Waals surface area contributed by atoms with E-state index in [9.17, 15) is 9.59 Å². The van der Waals surface area contributed by atoms with Crippen molar-refractivity contribution in [2.45, 2.75) is 58.7 Å². The molecule has 1 amide bonds. The van der Waals surface area contributed by atoms with E-state index in [1.54, 1.807) is 4.90 Å². The summed E-state index contributed by atoms with van der Waals surface area (Å²) in [6, 6.07) is 9.77. The average Bonchev–Trinajstić information content (AvgIpc) is 2.72. The molecule has 0 spiro atoms. The molecule has 0 atom stereocenters. The summed E-state index contributed by atoms with van der Waals surface area (Å²) in [5, 5.41) is 0. The van der Waals surface area contributed by atoms with Crippen LogP contribution < -0.4 is 0 Å². The van der Waals surface area contributed by atoms with Gasteiger partial charge in [0, 0.05) is 32.7 Å². The van der Waals surface area contributed by atoms with Gasteiger partial charge in [-0.2, -0.15) is 0 Å². The second-order valence-electron chi connectivity index (χ2n) is 9.58. The highest BCUT2D eigenvalue weighted by molar-refractivity contribution is 5.73. The van der Waals surface area contributed by atoms with Gasteiger partial charge < -0.3 is 14.4 Å². The Kier molecular flexibility index (Phi) is 7.75. The van der Waals surface area contributed by atoms with Gasteiger partial charge in [-0.25, -0.2) is 4.79 Å². The standard InChI is InChI=1S/C24H36N2O4/c1-24(2,3)30-22(27)21-11-9-19(10-12-21)17-25-13-15-26(16-14-25)23(28)29-18-20-7-5-4-6-8-20/h4-8,19,21H,9-18H2,1-3H3. The first kappa shape index (κ1) is 22.6. The van der Waals surface area contributed by atoms with Gasteiger partial charge in [-0.3, -0.25) is 9.69 Å². The zero-order valence-electron chi connectivity index (χ0n) is 18.6. The van der Waals surface area contributed by atoms with Crippen molar-refractivity contribution in [1.82, 2.24) is 9.80 Å². The molecule has 0 radical (unpaired) electrons. The van der Waals surface area contributed by atoms with Gasteiger partial charge in [-0.1, -0.05) is 30.3 Å². The predicted molar refractivity (Wildman–Crippen MR) is 116 cm³/mol. The number of carbonyl (C=O) groups is 2. The average molecular weight is 417 g/mol. The van der Waals surface area contributed by atoms with E-state index in [0.29, 0.717) is 25.6 Å². The van der Waals surface area contributed by atoms with Crippen LogP contribution in [0.4, 0.5) is 4.79 Å². The van der Waals surface area contributed by atoms with E-state index in [1.807, 2.05) is 51.1 Å². The normalized spacial score (nSPS) is 23.1. The van der Waals surface area contributed by atoms with Gasteiger partial charge in [-0.15, -0.1) is 0 Å². The Morgan fingerprint density at radius 3 is 2.20 bits per heavy atom. The third-order valence-electron chi connectivity index (χ3n) is 5.94. The van der Waals surface area contributed by atoms with Crippen LogP contribution in [0, 0.1) is 11.8 Å². The highest BCUT2D eigenvalue weighted by atomic mass is 16.6. The summed E-state index contributed by atoms with van der Waals surface area (Å²) >= 11 is 0. The number of rotatable bonds is 5. The first-order valence-corrected chi connectivity index (χ1v) is 11.2. The van der Waals surface area contributed by atoms with E-state index in [4.69, 9.17) is 9.47 Å². The Bertz CT molecular complexity index is 685. The van der Waals surface area contributed by atoms with Crippen LogP contribution in [-0.4, -0.2) is 60.2 Å².